The Bertz CT molecular complexity index is 612. The molecule has 2 unspecified atom stereocenters. The van der Waals surface area contributed by atoms with Crippen LogP contribution in [0.3, 0.4) is 0 Å². The number of para-hydroxylation sites is 1. The zero-order valence-electron chi connectivity index (χ0n) is 12.7. The number of benzene rings is 1. The van der Waals surface area contributed by atoms with E-state index in [1.54, 1.807) is 11.3 Å². The SMILES string of the molecule is CC1CC(CN)CN1C(=O)CCc1nc2ccccc2s1.Cl. The molecular formula is C16H22ClN3OS. The average molecular weight is 340 g/mol. The van der Waals surface area contributed by atoms with Crippen molar-refractivity contribution in [3.05, 3.63) is 29.3 Å². The van der Waals surface area contributed by atoms with Gasteiger partial charge < -0.3 is 10.6 Å². The van der Waals surface area contributed by atoms with Crippen molar-refractivity contribution in [3.63, 3.8) is 0 Å². The Labute approximate surface area is 141 Å². The molecule has 0 spiro atoms. The van der Waals surface area contributed by atoms with Crippen LogP contribution in [0.5, 0.6) is 0 Å². The number of carbonyl (C=O) groups is 1. The molecule has 120 valence electrons. The van der Waals surface area contributed by atoms with Crippen LogP contribution in [0.1, 0.15) is 24.8 Å². The van der Waals surface area contributed by atoms with E-state index in [9.17, 15) is 4.79 Å². The zero-order valence-corrected chi connectivity index (χ0v) is 14.3. The number of hydrogen-bond donors (Lipinski definition) is 1. The normalized spacial score (nSPS) is 21.1. The van der Waals surface area contributed by atoms with Crippen LogP contribution in [0.2, 0.25) is 0 Å². The molecule has 1 amide bonds. The number of nitrogens with zero attached hydrogens (tertiary/aromatic N) is 2. The summed E-state index contributed by atoms with van der Waals surface area (Å²) in [5.41, 5.74) is 6.75. The standard InChI is InChI=1S/C16H21N3OS.ClH/c1-11-8-12(9-17)10-19(11)16(20)7-6-15-18-13-4-2-3-5-14(13)21-15;/h2-5,11-12H,6-10,17H2,1H3;1H. The van der Waals surface area contributed by atoms with Crippen molar-refractivity contribution in [3.8, 4) is 0 Å². The molecule has 1 saturated heterocycles. The molecule has 1 aromatic carbocycles. The van der Waals surface area contributed by atoms with Gasteiger partial charge >= 0.3 is 0 Å². The maximum absolute atomic E-state index is 12.4. The largest absolute Gasteiger partial charge is 0.340 e. The fourth-order valence-electron chi connectivity index (χ4n) is 3.05. The van der Waals surface area contributed by atoms with Gasteiger partial charge in [-0.2, -0.15) is 0 Å². The van der Waals surface area contributed by atoms with E-state index < -0.39 is 0 Å². The van der Waals surface area contributed by atoms with Crippen molar-refractivity contribution >= 4 is 39.9 Å². The smallest absolute Gasteiger partial charge is 0.223 e. The second kappa shape index (κ2) is 7.40. The number of thiazole rings is 1. The number of aryl methyl sites for hydroxylation is 1. The van der Waals surface area contributed by atoms with Gasteiger partial charge in [0.2, 0.25) is 5.91 Å². The summed E-state index contributed by atoms with van der Waals surface area (Å²) in [5.74, 6) is 0.698. The van der Waals surface area contributed by atoms with Gasteiger partial charge in [-0.05, 0) is 37.9 Å². The first kappa shape index (κ1) is 17.2. The number of halogens is 1. The summed E-state index contributed by atoms with van der Waals surface area (Å²) in [6.07, 6.45) is 2.31. The van der Waals surface area contributed by atoms with E-state index >= 15 is 0 Å². The zero-order chi connectivity index (χ0) is 14.8. The molecule has 1 fully saturated rings. The monoisotopic (exact) mass is 339 g/mol. The highest BCUT2D eigenvalue weighted by atomic mass is 35.5. The van der Waals surface area contributed by atoms with Gasteiger partial charge in [0.1, 0.15) is 0 Å². The minimum absolute atomic E-state index is 0. The van der Waals surface area contributed by atoms with Gasteiger partial charge in [-0.15, -0.1) is 23.7 Å². The van der Waals surface area contributed by atoms with Crippen molar-refractivity contribution in [1.29, 1.82) is 0 Å². The number of amides is 1. The molecule has 0 radical (unpaired) electrons. The molecule has 4 nitrogen and oxygen atoms in total. The van der Waals surface area contributed by atoms with Gasteiger partial charge in [0, 0.05) is 25.4 Å². The van der Waals surface area contributed by atoms with Crippen LogP contribution >= 0.6 is 23.7 Å². The number of likely N-dealkylation sites (tertiary alicyclic amines) is 1. The van der Waals surface area contributed by atoms with Crippen molar-refractivity contribution in [1.82, 2.24) is 9.88 Å². The first-order valence-corrected chi connectivity index (χ1v) is 8.33. The summed E-state index contributed by atoms with van der Waals surface area (Å²) in [7, 11) is 0. The van der Waals surface area contributed by atoms with E-state index in [0.717, 1.165) is 29.9 Å². The minimum Gasteiger partial charge on any atom is -0.340 e. The summed E-state index contributed by atoms with van der Waals surface area (Å²) in [6, 6.07) is 8.43. The van der Waals surface area contributed by atoms with Crippen molar-refractivity contribution in [2.45, 2.75) is 32.2 Å². The number of carbonyl (C=O) groups excluding carboxylic acids is 1. The second-order valence-electron chi connectivity index (χ2n) is 5.81. The summed E-state index contributed by atoms with van der Waals surface area (Å²) in [4.78, 5) is 18.9. The molecule has 1 aromatic heterocycles. The lowest BCUT2D eigenvalue weighted by Gasteiger charge is -2.21. The fourth-order valence-corrected chi connectivity index (χ4v) is 4.01. The number of rotatable bonds is 4. The fraction of sp³-hybridized carbons (Fsp3) is 0.500. The van der Waals surface area contributed by atoms with Crippen LogP contribution in [-0.4, -0.2) is 34.9 Å². The number of aromatic nitrogens is 1. The van der Waals surface area contributed by atoms with Crippen LogP contribution in [0, 0.1) is 5.92 Å². The van der Waals surface area contributed by atoms with Gasteiger partial charge in [0.15, 0.2) is 0 Å². The quantitative estimate of drug-likeness (QED) is 0.931. The van der Waals surface area contributed by atoms with Crippen LogP contribution in [0.4, 0.5) is 0 Å². The Kier molecular flexibility index (Phi) is 5.78. The molecule has 0 aliphatic carbocycles. The lowest BCUT2D eigenvalue weighted by Crippen LogP contribution is -2.34. The van der Waals surface area contributed by atoms with E-state index in [0.29, 0.717) is 24.9 Å². The van der Waals surface area contributed by atoms with Crippen molar-refractivity contribution in [2.24, 2.45) is 11.7 Å². The molecule has 0 saturated carbocycles. The second-order valence-corrected chi connectivity index (χ2v) is 6.92. The molecule has 2 aromatic rings. The van der Waals surface area contributed by atoms with Gasteiger partial charge in [-0.1, -0.05) is 12.1 Å². The summed E-state index contributed by atoms with van der Waals surface area (Å²) < 4.78 is 1.19. The maximum atomic E-state index is 12.4. The molecule has 2 atom stereocenters. The third-order valence-electron chi connectivity index (χ3n) is 4.21. The van der Waals surface area contributed by atoms with Gasteiger partial charge in [-0.3, -0.25) is 4.79 Å². The molecule has 2 heterocycles. The molecule has 0 bridgehead atoms. The number of fused-ring (bicyclic) bond motifs is 1. The van der Waals surface area contributed by atoms with E-state index in [-0.39, 0.29) is 18.3 Å². The highest BCUT2D eigenvalue weighted by molar-refractivity contribution is 7.18. The molecule has 22 heavy (non-hydrogen) atoms. The highest BCUT2D eigenvalue weighted by Crippen LogP contribution is 2.25. The Balaban J connectivity index is 0.00000176. The van der Waals surface area contributed by atoms with Gasteiger partial charge in [-0.25, -0.2) is 4.98 Å². The van der Waals surface area contributed by atoms with Crippen LogP contribution in [0.25, 0.3) is 10.2 Å². The number of hydrogen-bond acceptors (Lipinski definition) is 4. The topological polar surface area (TPSA) is 59.2 Å². The first-order valence-electron chi connectivity index (χ1n) is 7.51. The summed E-state index contributed by atoms with van der Waals surface area (Å²) in [6.45, 7) is 3.60. The molecule has 2 N–H and O–H groups in total. The highest BCUT2D eigenvalue weighted by Gasteiger charge is 2.31. The Morgan fingerprint density at radius 3 is 2.91 bits per heavy atom. The predicted molar refractivity (Wildman–Crippen MR) is 93.5 cm³/mol. The van der Waals surface area contributed by atoms with Gasteiger partial charge in [0.05, 0.1) is 15.2 Å². The third kappa shape index (κ3) is 3.59. The molecule has 1 aliphatic rings. The molecule has 1 aliphatic heterocycles. The third-order valence-corrected chi connectivity index (χ3v) is 5.30. The average Bonchev–Trinajstić information content (AvgIpc) is 3.07. The maximum Gasteiger partial charge on any atom is 0.223 e. The first-order chi connectivity index (χ1) is 10.2. The van der Waals surface area contributed by atoms with Crippen molar-refractivity contribution in [2.75, 3.05) is 13.1 Å². The Morgan fingerprint density at radius 2 is 2.23 bits per heavy atom. The predicted octanol–water partition coefficient (Wildman–Crippen LogP) is 2.85. The number of nitrogens with two attached hydrogens (primary N) is 1. The van der Waals surface area contributed by atoms with Crippen LogP contribution in [-0.2, 0) is 11.2 Å². The molecule has 3 rings (SSSR count). The lowest BCUT2D eigenvalue weighted by molar-refractivity contribution is -0.131. The van der Waals surface area contributed by atoms with E-state index in [1.807, 2.05) is 23.1 Å². The Hall–Kier alpha value is -1.17. The summed E-state index contributed by atoms with van der Waals surface area (Å²) >= 11 is 1.69. The molecule has 6 heteroatoms. The summed E-state index contributed by atoms with van der Waals surface area (Å²) in [5, 5.41) is 1.05. The molecular weight excluding hydrogens is 318 g/mol. The van der Waals surface area contributed by atoms with Gasteiger partial charge in [0.25, 0.3) is 0 Å². The van der Waals surface area contributed by atoms with Crippen molar-refractivity contribution < 1.29 is 4.79 Å². The lowest BCUT2D eigenvalue weighted by atomic mass is 10.1. The van der Waals surface area contributed by atoms with Crippen LogP contribution < -0.4 is 5.73 Å². The Morgan fingerprint density at radius 1 is 1.45 bits per heavy atom. The minimum atomic E-state index is 0. The van der Waals surface area contributed by atoms with E-state index in [1.165, 1.54) is 4.70 Å². The van der Waals surface area contributed by atoms with E-state index in [4.69, 9.17) is 5.73 Å². The van der Waals surface area contributed by atoms with Crippen LogP contribution in [0.15, 0.2) is 24.3 Å². The van der Waals surface area contributed by atoms with E-state index in [2.05, 4.69) is 18.0 Å².